The molecule has 0 spiro atoms. The zero-order chi connectivity index (χ0) is 11.7. The molecule has 1 aromatic heterocycles. The standard InChI is InChI=1S/C14H17N3/c15-17-14(8-10-4-5-10)13-3-1-2-11-9-16-7-6-12(11)13/h1-3,6-7,9-10,14,17H,4-5,8,15H2. The van der Waals surface area contributed by atoms with Crippen LogP contribution < -0.4 is 11.3 Å². The van der Waals surface area contributed by atoms with E-state index in [1.807, 2.05) is 12.4 Å². The van der Waals surface area contributed by atoms with E-state index in [4.69, 9.17) is 5.84 Å². The molecule has 3 rings (SSSR count). The van der Waals surface area contributed by atoms with Crippen molar-refractivity contribution in [1.82, 2.24) is 10.4 Å². The van der Waals surface area contributed by atoms with Gasteiger partial charge in [0.15, 0.2) is 0 Å². The highest BCUT2D eigenvalue weighted by Crippen LogP contribution is 2.38. The smallest absolute Gasteiger partial charge is 0.0468 e. The molecule has 1 unspecified atom stereocenters. The van der Waals surface area contributed by atoms with E-state index in [9.17, 15) is 0 Å². The molecule has 1 fully saturated rings. The van der Waals surface area contributed by atoms with Crippen molar-refractivity contribution in [3.8, 4) is 0 Å². The highest BCUT2D eigenvalue weighted by atomic mass is 15.2. The second-order valence-electron chi connectivity index (χ2n) is 4.84. The van der Waals surface area contributed by atoms with Gasteiger partial charge in [0, 0.05) is 23.8 Å². The first-order chi connectivity index (χ1) is 8.38. The van der Waals surface area contributed by atoms with Crippen molar-refractivity contribution in [3.05, 3.63) is 42.2 Å². The van der Waals surface area contributed by atoms with Crippen LogP contribution in [-0.2, 0) is 0 Å². The first-order valence-corrected chi connectivity index (χ1v) is 6.17. The second kappa shape index (κ2) is 4.43. The minimum atomic E-state index is 0.258. The second-order valence-corrected chi connectivity index (χ2v) is 4.84. The fourth-order valence-corrected chi connectivity index (χ4v) is 2.42. The Labute approximate surface area is 101 Å². The maximum Gasteiger partial charge on any atom is 0.0468 e. The summed E-state index contributed by atoms with van der Waals surface area (Å²) >= 11 is 0. The lowest BCUT2D eigenvalue weighted by atomic mass is 9.97. The van der Waals surface area contributed by atoms with Crippen LogP contribution in [0.3, 0.4) is 0 Å². The van der Waals surface area contributed by atoms with Gasteiger partial charge in [0.05, 0.1) is 0 Å². The summed E-state index contributed by atoms with van der Waals surface area (Å²) in [5.74, 6) is 6.56. The summed E-state index contributed by atoms with van der Waals surface area (Å²) in [6.07, 6.45) is 7.59. The Morgan fingerprint density at radius 3 is 3.00 bits per heavy atom. The van der Waals surface area contributed by atoms with Crippen LogP contribution in [0, 0.1) is 5.92 Å². The number of fused-ring (bicyclic) bond motifs is 1. The molecule has 0 saturated heterocycles. The molecule has 3 heteroatoms. The number of benzene rings is 1. The molecule has 1 heterocycles. The van der Waals surface area contributed by atoms with Gasteiger partial charge in [0.2, 0.25) is 0 Å². The van der Waals surface area contributed by atoms with Crippen molar-refractivity contribution in [2.45, 2.75) is 25.3 Å². The summed E-state index contributed by atoms with van der Waals surface area (Å²) in [5, 5.41) is 2.44. The molecule has 0 amide bonds. The van der Waals surface area contributed by atoms with Crippen molar-refractivity contribution < 1.29 is 0 Å². The van der Waals surface area contributed by atoms with E-state index in [0.29, 0.717) is 0 Å². The van der Waals surface area contributed by atoms with Gasteiger partial charge in [-0.3, -0.25) is 16.3 Å². The van der Waals surface area contributed by atoms with Gasteiger partial charge in [-0.2, -0.15) is 0 Å². The van der Waals surface area contributed by atoms with Crippen molar-refractivity contribution in [2.75, 3.05) is 0 Å². The molecule has 3 N–H and O–H groups in total. The summed E-state index contributed by atoms with van der Waals surface area (Å²) in [6.45, 7) is 0. The third kappa shape index (κ3) is 2.16. The van der Waals surface area contributed by atoms with Gasteiger partial charge >= 0.3 is 0 Å². The van der Waals surface area contributed by atoms with Crippen molar-refractivity contribution in [1.29, 1.82) is 0 Å². The summed E-state index contributed by atoms with van der Waals surface area (Å²) in [4.78, 5) is 4.16. The van der Waals surface area contributed by atoms with Crippen LogP contribution in [0.15, 0.2) is 36.7 Å². The first-order valence-electron chi connectivity index (χ1n) is 6.17. The lowest BCUT2D eigenvalue weighted by molar-refractivity contribution is 0.490. The molecule has 2 aromatic rings. The maximum absolute atomic E-state index is 5.71. The monoisotopic (exact) mass is 227 g/mol. The number of rotatable bonds is 4. The molecular formula is C14H17N3. The first kappa shape index (κ1) is 10.7. The van der Waals surface area contributed by atoms with E-state index in [1.54, 1.807) is 0 Å². The Balaban J connectivity index is 2.01. The van der Waals surface area contributed by atoms with Crippen LogP contribution in [0.1, 0.15) is 30.9 Å². The van der Waals surface area contributed by atoms with Gasteiger partial charge in [0.25, 0.3) is 0 Å². The lowest BCUT2D eigenvalue weighted by Gasteiger charge is -2.18. The Morgan fingerprint density at radius 1 is 1.35 bits per heavy atom. The van der Waals surface area contributed by atoms with E-state index in [2.05, 4.69) is 34.7 Å². The third-order valence-corrected chi connectivity index (χ3v) is 3.56. The number of hydrogen-bond acceptors (Lipinski definition) is 3. The predicted molar refractivity (Wildman–Crippen MR) is 69.1 cm³/mol. The van der Waals surface area contributed by atoms with Crippen molar-refractivity contribution >= 4 is 10.8 Å². The van der Waals surface area contributed by atoms with E-state index in [0.717, 1.165) is 12.3 Å². The number of hydrazine groups is 1. The molecular weight excluding hydrogens is 210 g/mol. The number of nitrogens with zero attached hydrogens (tertiary/aromatic N) is 1. The SMILES string of the molecule is NNC(CC1CC1)c1cccc2cnccc12. The van der Waals surface area contributed by atoms with Gasteiger partial charge in [-0.15, -0.1) is 0 Å². The van der Waals surface area contributed by atoms with E-state index < -0.39 is 0 Å². The molecule has 1 aromatic carbocycles. The quantitative estimate of drug-likeness (QED) is 0.623. The van der Waals surface area contributed by atoms with Gasteiger partial charge in [-0.05, 0) is 29.4 Å². The third-order valence-electron chi connectivity index (χ3n) is 3.56. The number of pyridine rings is 1. The molecule has 1 saturated carbocycles. The molecule has 3 nitrogen and oxygen atoms in total. The largest absolute Gasteiger partial charge is 0.271 e. The van der Waals surface area contributed by atoms with E-state index in [1.165, 1.54) is 29.2 Å². The van der Waals surface area contributed by atoms with Crippen LogP contribution in [0.5, 0.6) is 0 Å². The number of nitrogens with two attached hydrogens (primary N) is 1. The summed E-state index contributed by atoms with van der Waals surface area (Å²) in [6, 6.07) is 8.66. The van der Waals surface area contributed by atoms with Crippen LogP contribution in [0.25, 0.3) is 10.8 Å². The van der Waals surface area contributed by atoms with Gasteiger partial charge in [0.1, 0.15) is 0 Å². The molecule has 1 aliphatic carbocycles. The molecule has 88 valence electrons. The fraction of sp³-hybridized carbons (Fsp3) is 0.357. The van der Waals surface area contributed by atoms with Crippen LogP contribution in [0.2, 0.25) is 0 Å². The van der Waals surface area contributed by atoms with Crippen molar-refractivity contribution in [3.63, 3.8) is 0 Å². The highest BCUT2D eigenvalue weighted by molar-refractivity contribution is 5.85. The molecule has 0 bridgehead atoms. The van der Waals surface area contributed by atoms with Gasteiger partial charge < -0.3 is 0 Å². The molecule has 17 heavy (non-hydrogen) atoms. The molecule has 0 radical (unpaired) electrons. The molecule has 1 aliphatic rings. The minimum absolute atomic E-state index is 0.258. The van der Waals surface area contributed by atoms with Gasteiger partial charge in [-0.25, -0.2) is 0 Å². The lowest BCUT2D eigenvalue weighted by Crippen LogP contribution is -2.28. The average molecular weight is 227 g/mol. The molecule has 1 atom stereocenters. The van der Waals surface area contributed by atoms with Crippen molar-refractivity contribution in [2.24, 2.45) is 11.8 Å². The molecule has 0 aliphatic heterocycles. The Morgan fingerprint density at radius 2 is 2.24 bits per heavy atom. The van der Waals surface area contributed by atoms with Crippen LogP contribution >= 0.6 is 0 Å². The maximum atomic E-state index is 5.71. The van der Waals surface area contributed by atoms with Crippen LogP contribution in [-0.4, -0.2) is 4.98 Å². The average Bonchev–Trinajstić information content (AvgIpc) is 3.19. The Hall–Kier alpha value is -1.45. The topological polar surface area (TPSA) is 50.9 Å². The normalized spacial score (nSPS) is 17.2. The fourth-order valence-electron chi connectivity index (χ4n) is 2.42. The summed E-state index contributed by atoms with van der Waals surface area (Å²) in [7, 11) is 0. The van der Waals surface area contributed by atoms with E-state index >= 15 is 0 Å². The minimum Gasteiger partial charge on any atom is -0.271 e. The number of aromatic nitrogens is 1. The van der Waals surface area contributed by atoms with Crippen LogP contribution in [0.4, 0.5) is 0 Å². The van der Waals surface area contributed by atoms with Gasteiger partial charge in [-0.1, -0.05) is 31.0 Å². The summed E-state index contributed by atoms with van der Waals surface area (Å²) in [5.41, 5.74) is 4.25. The Bertz CT molecular complexity index is 514. The number of nitrogens with one attached hydrogen (secondary N) is 1. The summed E-state index contributed by atoms with van der Waals surface area (Å²) < 4.78 is 0. The Kier molecular flexibility index (Phi) is 2.79. The van der Waals surface area contributed by atoms with E-state index in [-0.39, 0.29) is 6.04 Å². The zero-order valence-electron chi connectivity index (χ0n) is 9.76. The zero-order valence-corrected chi connectivity index (χ0v) is 9.76. The number of hydrogen-bond donors (Lipinski definition) is 2. The predicted octanol–water partition coefficient (Wildman–Crippen LogP) is 2.54. The highest BCUT2D eigenvalue weighted by Gasteiger charge is 2.26.